The Morgan fingerprint density at radius 1 is 1.32 bits per heavy atom. The molecule has 2 atom stereocenters. The van der Waals surface area contributed by atoms with Crippen LogP contribution >= 0.6 is 27.5 Å². The van der Waals surface area contributed by atoms with Crippen LogP contribution in [0.1, 0.15) is 29.7 Å². The van der Waals surface area contributed by atoms with Gasteiger partial charge in [0.2, 0.25) is 0 Å². The molecule has 98 valence electrons. The van der Waals surface area contributed by atoms with Crippen LogP contribution in [-0.4, -0.2) is 4.98 Å². The van der Waals surface area contributed by atoms with Crippen LogP contribution in [0, 0.1) is 0 Å². The fraction of sp³-hybridized carbons (Fsp3) is 0.214. The predicted molar refractivity (Wildman–Crippen MR) is 78.3 cm³/mol. The largest absolute Gasteiger partial charge is 0.485 e. The number of nitrogens with zero attached hydrogens (tertiary/aromatic N) is 1. The average Bonchev–Trinajstić information content (AvgIpc) is 2.39. The molecule has 3 nitrogen and oxygen atoms in total. The second-order valence-electron chi connectivity index (χ2n) is 4.57. The summed E-state index contributed by atoms with van der Waals surface area (Å²) in [6, 6.07) is 7.48. The number of halogens is 2. The van der Waals surface area contributed by atoms with Gasteiger partial charge >= 0.3 is 0 Å². The fourth-order valence-corrected chi connectivity index (χ4v) is 2.85. The van der Waals surface area contributed by atoms with E-state index in [1.54, 1.807) is 6.20 Å². The summed E-state index contributed by atoms with van der Waals surface area (Å²) >= 11 is 9.41. The highest BCUT2D eigenvalue weighted by atomic mass is 79.9. The Bertz CT molecular complexity index is 620. The first-order valence-corrected chi connectivity index (χ1v) is 7.13. The zero-order valence-electron chi connectivity index (χ0n) is 10.0. The van der Waals surface area contributed by atoms with Crippen molar-refractivity contribution in [1.29, 1.82) is 0 Å². The van der Waals surface area contributed by atoms with E-state index in [2.05, 4.69) is 20.9 Å². The smallest absolute Gasteiger partial charge is 0.127 e. The third-order valence-electron chi connectivity index (χ3n) is 3.21. The number of rotatable bonds is 1. The summed E-state index contributed by atoms with van der Waals surface area (Å²) in [5.74, 6) is 0.799. The Hall–Kier alpha value is -1.10. The van der Waals surface area contributed by atoms with Crippen LogP contribution in [0.3, 0.4) is 0 Å². The van der Waals surface area contributed by atoms with E-state index in [9.17, 15) is 0 Å². The summed E-state index contributed by atoms with van der Waals surface area (Å²) in [7, 11) is 0. The van der Waals surface area contributed by atoms with Crippen molar-refractivity contribution in [2.75, 3.05) is 0 Å². The molecular formula is C14H12BrClN2O. The molecule has 0 amide bonds. The van der Waals surface area contributed by atoms with E-state index in [0.717, 1.165) is 21.3 Å². The molecule has 3 rings (SSSR count). The number of ether oxygens (including phenoxy) is 1. The summed E-state index contributed by atoms with van der Waals surface area (Å²) in [6.45, 7) is 0. The van der Waals surface area contributed by atoms with E-state index in [1.165, 1.54) is 0 Å². The van der Waals surface area contributed by atoms with Gasteiger partial charge in [-0.2, -0.15) is 0 Å². The van der Waals surface area contributed by atoms with Crippen molar-refractivity contribution in [2.45, 2.75) is 18.6 Å². The molecule has 0 saturated heterocycles. The van der Waals surface area contributed by atoms with E-state index in [-0.39, 0.29) is 12.1 Å². The van der Waals surface area contributed by atoms with E-state index in [0.29, 0.717) is 11.4 Å². The average molecular weight is 340 g/mol. The first-order chi connectivity index (χ1) is 9.13. The van der Waals surface area contributed by atoms with Crippen molar-refractivity contribution >= 4 is 27.5 Å². The standard InChI is InChI=1S/C14H12BrClN2O/c15-9-3-8(6-18-7-9)14-5-12(17)11-4-10(16)1-2-13(11)19-14/h1-4,6-7,12,14H,5,17H2. The maximum atomic E-state index is 6.21. The molecule has 2 unspecified atom stereocenters. The van der Waals surface area contributed by atoms with Crippen LogP contribution in [-0.2, 0) is 0 Å². The van der Waals surface area contributed by atoms with Crippen molar-refractivity contribution in [3.05, 3.63) is 57.3 Å². The molecule has 2 heterocycles. The number of benzene rings is 1. The molecule has 1 aliphatic heterocycles. The number of aromatic nitrogens is 1. The molecule has 0 fully saturated rings. The Labute approximate surface area is 124 Å². The van der Waals surface area contributed by atoms with Gasteiger partial charge in [-0.1, -0.05) is 11.6 Å². The fourth-order valence-electron chi connectivity index (χ4n) is 2.28. The third kappa shape index (κ3) is 2.61. The number of nitrogens with two attached hydrogens (primary N) is 1. The van der Waals surface area contributed by atoms with Crippen LogP contribution in [0.2, 0.25) is 5.02 Å². The minimum Gasteiger partial charge on any atom is -0.485 e. The summed E-state index contributed by atoms with van der Waals surface area (Å²) in [5, 5.41) is 0.681. The van der Waals surface area contributed by atoms with Gasteiger partial charge in [0.25, 0.3) is 0 Å². The van der Waals surface area contributed by atoms with Crippen LogP contribution < -0.4 is 10.5 Å². The third-order valence-corrected chi connectivity index (χ3v) is 3.88. The van der Waals surface area contributed by atoms with Gasteiger partial charge in [-0.25, -0.2) is 0 Å². The van der Waals surface area contributed by atoms with Gasteiger partial charge in [-0.15, -0.1) is 0 Å². The summed E-state index contributed by atoms with van der Waals surface area (Å²) < 4.78 is 6.93. The zero-order chi connectivity index (χ0) is 13.4. The lowest BCUT2D eigenvalue weighted by atomic mass is 9.94. The Balaban J connectivity index is 1.95. The van der Waals surface area contributed by atoms with Crippen LogP contribution in [0.5, 0.6) is 5.75 Å². The molecule has 1 aromatic carbocycles. The normalized spacial score (nSPS) is 21.6. The molecule has 1 aromatic heterocycles. The number of hydrogen-bond acceptors (Lipinski definition) is 3. The van der Waals surface area contributed by atoms with E-state index < -0.39 is 0 Å². The Morgan fingerprint density at radius 2 is 2.16 bits per heavy atom. The van der Waals surface area contributed by atoms with Gasteiger partial charge in [0.1, 0.15) is 11.9 Å². The summed E-state index contributed by atoms with van der Waals surface area (Å²) in [5.41, 5.74) is 8.19. The van der Waals surface area contributed by atoms with Crippen molar-refractivity contribution in [2.24, 2.45) is 5.73 Å². The van der Waals surface area contributed by atoms with Gasteiger partial charge < -0.3 is 10.5 Å². The molecule has 19 heavy (non-hydrogen) atoms. The van der Waals surface area contributed by atoms with Gasteiger partial charge in [0.15, 0.2) is 0 Å². The van der Waals surface area contributed by atoms with Gasteiger partial charge in [0.05, 0.1) is 0 Å². The predicted octanol–water partition coefficient (Wildman–Crippen LogP) is 4.02. The Kier molecular flexibility index (Phi) is 3.48. The minimum absolute atomic E-state index is 0.0753. The second kappa shape index (κ2) is 5.12. The van der Waals surface area contributed by atoms with Crippen LogP contribution in [0.25, 0.3) is 0 Å². The first kappa shape index (κ1) is 12.9. The molecule has 0 spiro atoms. The van der Waals surface area contributed by atoms with Crippen molar-refractivity contribution in [3.8, 4) is 5.75 Å². The highest BCUT2D eigenvalue weighted by molar-refractivity contribution is 9.10. The molecular weight excluding hydrogens is 328 g/mol. The van der Waals surface area contributed by atoms with E-state index in [1.807, 2.05) is 30.5 Å². The molecule has 0 saturated carbocycles. The van der Waals surface area contributed by atoms with Crippen molar-refractivity contribution in [1.82, 2.24) is 4.98 Å². The highest BCUT2D eigenvalue weighted by Crippen LogP contribution is 2.40. The highest BCUT2D eigenvalue weighted by Gasteiger charge is 2.27. The summed E-state index contributed by atoms with van der Waals surface area (Å²) in [6.07, 6.45) is 4.20. The molecule has 2 aromatic rings. The molecule has 0 bridgehead atoms. The van der Waals surface area contributed by atoms with Crippen LogP contribution in [0.4, 0.5) is 0 Å². The van der Waals surface area contributed by atoms with Gasteiger partial charge in [0, 0.05) is 45.5 Å². The molecule has 5 heteroatoms. The topological polar surface area (TPSA) is 48.1 Å². The number of fused-ring (bicyclic) bond motifs is 1. The first-order valence-electron chi connectivity index (χ1n) is 5.95. The number of hydrogen-bond donors (Lipinski definition) is 1. The van der Waals surface area contributed by atoms with Gasteiger partial charge in [-0.05, 0) is 40.2 Å². The maximum absolute atomic E-state index is 6.21. The monoisotopic (exact) mass is 338 g/mol. The van der Waals surface area contributed by atoms with Crippen molar-refractivity contribution < 1.29 is 4.74 Å². The van der Waals surface area contributed by atoms with Gasteiger partial charge in [-0.3, -0.25) is 4.98 Å². The maximum Gasteiger partial charge on any atom is 0.127 e. The Morgan fingerprint density at radius 3 is 2.95 bits per heavy atom. The van der Waals surface area contributed by atoms with Crippen molar-refractivity contribution in [3.63, 3.8) is 0 Å². The molecule has 0 aliphatic carbocycles. The lowest BCUT2D eigenvalue weighted by molar-refractivity contribution is 0.161. The minimum atomic E-state index is -0.0774. The molecule has 2 N–H and O–H groups in total. The quantitative estimate of drug-likeness (QED) is 0.853. The number of pyridine rings is 1. The summed E-state index contributed by atoms with van der Waals surface area (Å²) in [4.78, 5) is 4.17. The zero-order valence-corrected chi connectivity index (χ0v) is 12.4. The van der Waals surface area contributed by atoms with E-state index >= 15 is 0 Å². The SMILES string of the molecule is NC1CC(c2cncc(Br)c2)Oc2ccc(Cl)cc21. The van der Waals surface area contributed by atoms with Crippen LogP contribution in [0.15, 0.2) is 41.1 Å². The lowest BCUT2D eigenvalue weighted by Crippen LogP contribution is -2.24. The molecule has 0 radical (unpaired) electrons. The molecule has 1 aliphatic rings. The lowest BCUT2D eigenvalue weighted by Gasteiger charge is -2.30. The second-order valence-corrected chi connectivity index (χ2v) is 5.92. The van der Waals surface area contributed by atoms with E-state index in [4.69, 9.17) is 22.1 Å².